The number of carbonyl (C=O) groups is 1. The van der Waals surface area contributed by atoms with Crippen LogP contribution in [0.5, 0.6) is 0 Å². The van der Waals surface area contributed by atoms with Gasteiger partial charge in [-0.05, 0) is 43.7 Å². The van der Waals surface area contributed by atoms with E-state index < -0.39 is 0 Å². The third kappa shape index (κ3) is 7.36. The van der Waals surface area contributed by atoms with Gasteiger partial charge < -0.3 is 10.6 Å². The van der Waals surface area contributed by atoms with Crippen molar-refractivity contribution in [3.8, 4) is 0 Å². The van der Waals surface area contributed by atoms with E-state index in [0.717, 1.165) is 51.2 Å². The Balaban J connectivity index is 0.00000264. The van der Waals surface area contributed by atoms with E-state index in [9.17, 15) is 4.79 Å². The summed E-state index contributed by atoms with van der Waals surface area (Å²) >= 11 is 0. The highest BCUT2D eigenvalue weighted by molar-refractivity contribution is 5.85. The zero-order valence-corrected chi connectivity index (χ0v) is 14.9. The van der Waals surface area contributed by atoms with E-state index in [4.69, 9.17) is 5.73 Å². The molecule has 0 atom stereocenters. The summed E-state index contributed by atoms with van der Waals surface area (Å²) in [5, 5.41) is 0. The average Bonchev–Trinajstić information content (AvgIpc) is 2.50. The van der Waals surface area contributed by atoms with Crippen LogP contribution in [0.15, 0.2) is 30.3 Å². The summed E-state index contributed by atoms with van der Waals surface area (Å²) in [7, 11) is 0. The fourth-order valence-electron chi connectivity index (χ4n) is 2.98. The number of hydrogen-bond donors (Lipinski definition) is 1. The van der Waals surface area contributed by atoms with Crippen LogP contribution in [0.1, 0.15) is 56.9 Å². The Morgan fingerprint density at radius 2 is 1.78 bits per heavy atom. The number of nitrogens with two attached hydrogens (primary N) is 1. The van der Waals surface area contributed by atoms with Crippen molar-refractivity contribution in [3.05, 3.63) is 35.9 Å². The molecule has 1 amide bonds. The van der Waals surface area contributed by atoms with Crippen LogP contribution in [0.3, 0.4) is 0 Å². The van der Waals surface area contributed by atoms with Gasteiger partial charge in [0.05, 0.1) is 0 Å². The highest BCUT2D eigenvalue weighted by Crippen LogP contribution is 2.28. The molecule has 2 N–H and O–H groups in total. The Bertz CT molecular complexity index is 434. The van der Waals surface area contributed by atoms with E-state index in [-0.39, 0.29) is 12.4 Å². The van der Waals surface area contributed by atoms with E-state index >= 15 is 0 Å². The lowest BCUT2D eigenvalue weighted by Gasteiger charge is -2.32. The van der Waals surface area contributed by atoms with Gasteiger partial charge in [0.2, 0.25) is 5.91 Å². The number of amides is 1. The lowest BCUT2D eigenvalue weighted by atomic mass is 9.85. The number of benzene rings is 1. The summed E-state index contributed by atoms with van der Waals surface area (Å²) in [5.74, 6) is 1.05. The zero-order chi connectivity index (χ0) is 15.6. The normalized spacial score (nSPS) is 14.0. The average molecular weight is 339 g/mol. The Morgan fingerprint density at radius 1 is 1.09 bits per heavy atom. The Hall–Kier alpha value is -1.06. The van der Waals surface area contributed by atoms with Crippen LogP contribution in [0, 0.1) is 5.92 Å². The van der Waals surface area contributed by atoms with Crippen molar-refractivity contribution in [3.63, 3.8) is 0 Å². The van der Waals surface area contributed by atoms with Gasteiger partial charge in [-0.1, -0.05) is 49.6 Å². The van der Waals surface area contributed by atoms with Crippen molar-refractivity contribution in [2.75, 3.05) is 13.1 Å². The fourth-order valence-corrected chi connectivity index (χ4v) is 2.98. The second kappa shape index (κ2) is 11.5. The van der Waals surface area contributed by atoms with Crippen LogP contribution in [0.4, 0.5) is 0 Å². The minimum absolute atomic E-state index is 0. The summed E-state index contributed by atoms with van der Waals surface area (Å²) in [6, 6.07) is 10.4. The maximum Gasteiger partial charge on any atom is 0.222 e. The lowest BCUT2D eigenvalue weighted by molar-refractivity contribution is -0.133. The van der Waals surface area contributed by atoms with Gasteiger partial charge in [-0.2, -0.15) is 0 Å². The molecule has 3 nitrogen and oxygen atoms in total. The molecule has 0 heterocycles. The van der Waals surface area contributed by atoms with Crippen molar-refractivity contribution < 1.29 is 4.79 Å². The molecule has 1 saturated carbocycles. The van der Waals surface area contributed by atoms with Crippen LogP contribution in [0.2, 0.25) is 0 Å². The predicted molar refractivity (Wildman–Crippen MR) is 98.6 cm³/mol. The molecule has 0 aromatic heterocycles. The minimum atomic E-state index is 0. The maximum absolute atomic E-state index is 12.6. The van der Waals surface area contributed by atoms with Crippen LogP contribution in [-0.4, -0.2) is 23.9 Å². The molecule has 0 aliphatic heterocycles. The van der Waals surface area contributed by atoms with Gasteiger partial charge in [0.1, 0.15) is 0 Å². The zero-order valence-electron chi connectivity index (χ0n) is 14.1. The number of unbranched alkanes of at least 4 members (excludes halogenated alkanes) is 3. The van der Waals surface area contributed by atoms with Crippen molar-refractivity contribution in [1.82, 2.24) is 4.90 Å². The first-order valence-electron chi connectivity index (χ1n) is 8.81. The van der Waals surface area contributed by atoms with Crippen LogP contribution < -0.4 is 5.73 Å². The fraction of sp³-hybridized carbons (Fsp3) is 0.632. The monoisotopic (exact) mass is 338 g/mol. The van der Waals surface area contributed by atoms with Crippen molar-refractivity contribution in [1.29, 1.82) is 0 Å². The Labute approximate surface area is 147 Å². The smallest absolute Gasteiger partial charge is 0.222 e. The molecule has 130 valence electrons. The van der Waals surface area contributed by atoms with Crippen molar-refractivity contribution in [2.24, 2.45) is 11.7 Å². The van der Waals surface area contributed by atoms with Gasteiger partial charge >= 0.3 is 0 Å². The summed E-state index contributed by atoms with van der Waals surface area (Å²) in [6.45, 7) is 2.46. The SMILES string of the molecule is Cl.NCCCCCCC(=O)N(Cc1ccccc1)CC1CCC1. The van der Waals surface area contributed by atoms with Gasteiger partial charge in [0.15, 0.2) is 0 Å². The number of halogens is 1. The first-order valence-corrected chi connectivity index (χ1v) is 8.81. The van der Waals surface area contributed by atoms with E-state index in [1.807, 2.05) is 18.2 Å². The molecule has 0 bridgehead atoms. The van der Waals surface area contributed by atoms with Gasteiger partial charge in [-0.25, -0.2) is 0 Å². The molecule has 0 radical (unpaired) electrons. The molecule has 1 fully saturated rings. The summed E-state index contributed by atoms with van der Waals surface area (Å²) in [5.41, 5.74) is 6.74. The molecule has 0 saturated heterocycles. The molecular formula is C19H31ClN2O. The highest BCUT2D eigenvalue weighted by Gasteiger charge is 2.23. The second-order valence-electron chi connectivity index (χ2n) is 6.51. The molecule has 0 unspecified atom stereocenters. The molecular weight excluding hydrogens is 308 g/mol. The summed E-state index contributed by atoms with van der Waals surface area (Å²) < 4.78 is 0. The quantitative estimate of drug-likeness (QED) is 0.651. The Kier molecular flexibility index (Phi) is 9.97. The topological polar surface area (TPSA) is 46.3 Å². The third-order valence-electron chi connectivity index (χ3n) is 4.62. The van der Waals surface area contributed by atoms with Gasteiger partial charge in [0.25, 0.3) is 0 Å². The first-order chi connectivity index (χ1) is 10.8. The first kappa shape index (κ1) is 20.0. The maximum atomic E-state index is 12.6. The molecule has 2 rings (SSSR count). The molecule has 4 heteroatoms. The van der Waals surface area contributed by atoms with Crippen LogP contribution in [0.25, 0.3) is 0 Å². The van der Waals surface area contributed by atoms with Crippen molar-refractivity contribution in [2.45, 2.75) is 57.9 Å². The highest BCUT2D eigenvalue weighted by atomic mass is 35.5. The third-order valence-corrected chi connectivity index (χ3v) is 4.62. The summed E-state index contributed by atoms with van der Waals surface area (Å²) in [6.07, 6.45) is 8.92. The van der Waals surface area contributed by atoms with Crippen molar-refractivity contribution >= 4 is 18.3 Å². The van der Waals surface area contributed by atoms with Gasteiger partial charge in [0, 0.05) is 19.5 Å². The molecule has 23 heavy (non-hydrogen) atoms. The van der Waals surface area contributed by atoms with E-state index in [1.54, 1.807) is 0 Å². The standard InChI is InChI=1S/C19H30N2O.ClH/c20-14-7-2-1-6-13-19(22)21(16-18-11-8-12-18)15-17-9-4-3-5-10-17;/h3-5,9-10,18H,1-2,6-8,11-16,20H2;1H. The predicted octanol–water partition coefficient (Wildman–Crippen LogP) is 4.15. The van der Waals surface area contributed by atoms with Gasteiger partial charge in [-0.15, -0.1) is 12.4 Å². The van der Waals surface area contributed by atoms with E-state index in [0.29, 0.717) is 12.3 Å². The molecule has 1 aromatic rings. The van der Waals surface area contributed by atoms with E-state index in [1.165, 1.54) is 24.8 Å². The van der Waals surface area contributed by atoms with E-state index in [2.05, 4.69) is 17.0 Å². The largest absolute Gasteiger partial charge is 0.338 e. The molecule has 1 aliphatic carbocycles. The lowest BCUT2D eigenvalue weighted by Crippen LogP contribution is -2.36. The van der Waals surface area contributed by atoms with Crippen LogP contribution >= 0.6 is 12.4 Å². The van der Waals surface area contributed by atoms with Gasteiger partial charge in [-0.3, -0.25) is 4.79 Å². The molecule has 1 aliphatic rings. The second-order valence-corrected chi connectivity index (χ2v) is 6.51. The Morgan fingerprint density at radius 3 is 2.39 bits per heavy atom. The molecule has 0 spiro atoms. The summed E-state index contributed by atoms with van der Waals surface area (Å²) in [4.78, 5) is 14.6. The number of carbonyl (C=O) groups excluding carboxylic acids is 1. The number of nitrogens with zero attached hydrogens (tertiary/aromatic N) is 1. The molecule has 1 aromatic carbocycles. The number of rotatable bonds is 10. The minimum Gasteiger partial charge on any atom is -0.338 e. The number of hydrogen-bond acceptors (Lipinski definition) is 2. The van der Waals surface area contributed by atoms with Crippen LogP contribution in [-0.2, 0) is 11.3 Å².